The van der Waals surface area contributed by atoms with Crippen molar-refractivity contribution in [2.75, 3.05) is 27.2 Å². The van der Waals surface area contributed by atoms with E-state index in [0.717, 1.165) is 6.54 Å². The average molecular weight is 300 g/mol. The first-order chi connectivity index (χ1) is 9.31. The molecule has 1 aromatic carbocycles. The summed E-state index contributed by atoms with van der Waals surface area (Å²) in [5.74, 6) is -0.0266. The molecule has 6 nitrogen and oxygen atoms in total. The number of halogens is 1. The summed E-state index contributed by atoms with van der Waals surface area (Å²) in [6, 6.07) is 3.82. The molecule has 0 saturated carbocycles. The van der Waals surface area contributed by atoms with Gasteiger partial charge in [-0.05, 0) is 26.1 Å². The second kappa shape index (κ2) is 7.21. The third-order valence-electron chi connectivity index (χ3n) is 2.70. The van der Waals surface area contributed by atoms with E-state index in [-0.39, 0.29) is 22.2 Å². The molecule has 0 fully saturated rings. The SMILES string of the molecule is CC(CNC(=O)c1ccc([N+](=O)[O-])cc1Cl)CN(C)C. The molecule has 0 aliphatic carbocycles. The fourth-order valence-corrected chi connectivity index (χ4v) is 2.11. The summed E-state index contributed by atoms with van der Waals surface area (Å²) in [7, 11) is 3.93. The van der Waals surface area contributed by atoms with E-state index in [2.05, 4.69) is 5.32 Å². The molecule has 0 aliphatic rings. The van der Waals surface area contributed by atoms with Gasteiger partial charge < -0.3 is 10.2 Å². The van der Waals surface area contributed by atoms with Crippen molar-refractivity contribution >= 4 is 23.2 Å². The van der Waals surface area contributed by atoms with E-state index in [1.54, 1.807) is 0 Å². The minimum absolute atomic E-state index is 0.0805. The van der Waals surface area contributed by atoms with Crippen LogP contribution in [0.2, 0.25) is 5.02 Å². The van der Waals surface area contributed by atoms with Gasteiger partial charge in [-0.15, -0.1) is 0 Å². The lowest BCUT2D eigenvalue weighted by molar-refractivity contribution is -0.384. The van der Waals surface area contributed by atoms with E-state index in [9.17, 15) is 14.9 Å². The first kappa shape index (κ1) is 16.4. The quantitative estimate of drug-likeness (QED) is 0.645. The maximum absolute atomic E-state index is 12.0. The van der Waals surface area contributed by atoms with Crippen LogP contribution in [0.5, 0.6) is 0 Å². The number of carbonyl (C=O) groups excluding carboxylic acids is 1. The monoisotopic (exact) mass is 299 g/mol. The van der Waals surface area contributed by atoms with Crippen LogP contribution in [-0.2, 0) is 0 Å². The van der Waals surface area contributed by atoms with E-state index < -0.39 is 4.92 Å². The summed E-state index contributed by atoms with van der Waals surface area (Å²) < 4.78 is 0. The number of non-ortho nitro benzene ring substituents is 1. The number of carbonyl (C=O) groups is 1. The molecule has 1 N–H and O–H groups in total. The minimum atomic E-state index is -0.549. The summed E-state index contributed by atoms with van der Waals surface area (Å²) in [4.78, 5) is 24.0. The molecular weight excluding hydrogens is 282 g/mol. The summed E-state index contributed by atoms with van der Waals surface area (Å²) in [5.41, 5.74) is 0.113. The lowest BCUT2D eigenvalue weighted by Crippen LogP contribution is -2.32. The number of amides is 1. The highest BCUT2D eigenvalue weighted by Crippen LogP contribution is 2.22. The molecule has 0 spiro atoms. The van der Waals surface area contributed by atoms with Crippen LogP contribution < -0.4 is 5.32 Å². The summed E-state index contributed by atoms with van der Waals surface area (Å²) >= 11 is 5.89. The van der Waals surface area contributed by atoms with Crippen molar-refractivity contribution in [3.63, 3.8) is 0 Å². The predicted molar refractivity (Wildman–Crippen MR) is 78.2 cm³/mol. The van der Waals surface area contributed by atoms with Crippen LogP contribution in [-0.4, -0.2) is 42.9 Å². The van der Waals surface area contributed by atoms with Crippen LogP contribution in [0.25, 0.3) is 0 Å². The van der Waals surface area contributed by atoms with Crippen molar-refractivity contribution in [3.05, 3.63) is 38.9 Å². The molecule has 0 aromatic heterocycles. The number of nitrogens with zero attached hydrogens (tertiary/aromatic N) is 2. The molecule has 1 atom stereocenters. The first-order valence-corrected chi connectivity index (χ1v) is 6.56. The molecule has 7 heteroatoms. The van der Waals surface area contributed by atoms with Crippen molar-refractivity contribution in [1.29, 1.82) is 0 Å². The fourth-order valence-electron chi connectivity index (χ4n) is 1.85. The van der Waals surface area contributed by atoms with Crippen LogP contribution >= 0.6 is 11.6 Å². The van der Waals surface area contributed by atoms with E-state index in [1.807, 2.05) is 25.9 Å². The minimum Gasteiger partial charge on any atom is -0.352 e. The van der Waals surface area contributed by atoms with Gasteiger partial charge in [0.1, 0.15) is 0 Å². The Morgan fingerprint density at radius 3 is 2.65 bits per heavy atom. The second-order valence-corrected chi connectivity index (χ2v) is 5.41. The van der Waals surface area contributed by atoms with Crippen molar-refractivity contribution < 1.29 is 9.72 Å². The van der Waals surface area contributed by atoms with Gasteiger partial charge in [0.15, 0.2) is 0 Å². The summed E-state index contributed by atoms with van der Waals surface area (Å²) in [6.07, 6.45) is 0. The highest BCUT2D eigenvalue weighted by Gasteiger charge is 2.15. The lowest BCUT2D eigenvalue weighted by Gasteiger charge is -2.17. The predicted octanol–water partition coefficient (Wildman–Crippen LogP) is 2.18. The number of benzene rings is 1. The number of nitrogens with one attached hydrogen (secondary N) is 1. The van der Waals surface area contributed by atoms with E-state index in [4.69, 9.17) is 11.6 Å². The van der Waals surface area contributed by atoms with E-state index in [1.165, 1.54) is 18.2 Å². The Hall–Kier alpha value is -1.66. The maximum Gasteiger partial charge on any atom is 0.270 e. The molecule has 0 bridgehead atoms. The van der Waals surface area contributed by atoms with Crippen molar-refractivity contribution in [2.24, 2.45) is 5.92 Å². The average Bonchev–Trinajstić information content (AvgIpc) is 2.34. The van der Waals surface area contributed by atoms with Crippen LogP contribution in [0.3, 0.4) is 0 Å². The Bertz CT molecular complexity index is 506. The standard InChI is InChI=1S/C13H18ClN3O3/c1-9(8-16(2)3)7-15-13(18)11-5-4-10(17(19)20)6-12(11)14/h4-6,9H,7-8H2,1-3H3,(H,15,18). The Labute approximate surface area is 122 Å². The normalized spacial score (nSPS) is 12.2. The van der Waals surface area contributed by atoms with Gasteiger partial charge in [0.25, 0.3) is 11.6 Å². The Morgan fingerprint density at radius 1 is 1.50 bits per heavy atom. The number of hydrogen-bond donors (Lipinski definition) is 1. The molecule has 1 aromatic rings. The van der Waals surface area contributed by atoms with Crippen LogP contribution in [0.4, 0.5) is 5.69 Å². The van der Waals surface area contributed by atoms with E-state index >= 15 is 0 Å². The zero-order chi connectivity index (χ0) is 15.3. The van der Waals surface area contributed by atoms with Gasteiger partial charge in [-0.2, -0.15) is 0 Å². The Balaban J connectivity index is 2.66. The molecule has 0 heterocycles. The molecule has 1 unspecified atom stereocenters. The number of nitro benzene ring substituents is 1. The number of nitro groups is 1. The van der Waals surface area contributed by atoms with Crippen molar-refractivity contribution in [2.45, 2.75) is 6.92 Å². The van der Waals surface area contributed by atoms with Gasteiger partial charge in [-0.3, -0.25) is 14.9 Å². The molecule has 0 aliphatic heterocycles. The van der Waals surface area contributed by atoms with Gasteiger partial charge in [0.05, 0.1) is 15.5 Å². The zero-order valence-corrected chi connectivity index (χ0v) is 12.5. The first-order valence-electron chi connectivity index (χ1n) is 6.18. The molecule has 0 radical (unpaired) electrons. The molecule has 1 amide bonds. The number of hydrogen-bond acceptors (Lipinski definition) is 4. The third kappa shape index (κ3) is 4.79. The van der Waals surface area contributed by atoms with Gasteiger partial charge in [-0.1, -0.05) is 18.5 Å². The zero-order valence-electron chi connectivity index (χ0n) is 11.7. The van der Waals surface area contributed by atoms with E-state index in [0.29, 0.717) is 12.5 Å². The van der Waals surface area contributed by atoms with Crippen LogP contribution in [0.15, 0.2) is 18.2 Å². The topological polar surface area (TPSA) is 75.5 Å². The summed E-state index contributed by atoms with van der Waals surface area (Å²) in [5, 5.41) is 13.4. The molecule has 0 saturated heterocycles. The van der Waals surface area contributed by atoms with Crippen LogP contribution in [0.1, 0.15) is 17.3 Å². The van der Waals surface area contributed by atoms with Crippen LogP contribution in [0, 0.1) is 16.0 Å². The molecule has 1 rings (SSSR count). The number of rotatable bonds is 6. The second-order valence-electron chi connectivity index (χ2n) is 5.00. The molecule has 20 heavy (non-hydrogen) atoms. The van der Waals surface area contributed by atoms with Gasteiger partial charge in [0.2, 0.25) is 0 Å². The highest BCUT2D eigenvalue weighted by atomic mass is 35.5. The fraction of sp³-hybridized carbons (Fsp3) is 0.462. The molecule has 110 valence electrons. The van der Waals surface area contributed by atoms with Gasteiger partial charge >= 0.3 is 0 Å². The highest BCUT2D eigenvalue weighted by molar-refractivity contribution is 6.34. The van der Waals surface area contributed by atoms with Gasteiger partial charge in [0, 0.05) is 25.2 Å². The lowest BCUT2D eigenvalue weighted by atomic mass is 10.1. The maximum atomic E-state index is 12.0. The largest absolute Gasteiger partial charge is 0.352 e. The third-order valence-corrected chi connectivity index (χ3v) is 3.01. The summed E-state index contributed by atoms with van der Waals surface area (Å²) in [6.45, 7) is 3.40. The van der Waals surface area contributed by atoms with Crippen molar-refractivity contribution in [1.82, 2.24) is 10.2 Å². The van der Waals surface area contributed by atoms with Crippen molar-refractivity contribution in [3.8, 4) is 0 Å². The Morgan fingerprint density at radius 2 is 2.15 bits per heavy atom. The smallest absolute Gasteiger partial charge is 0.270 e. The van der Waals surface area contributed by atoms with Gasteiger partial charge in [-0.25, -0.2) is 0 Å². The Kier molecular flexibility index (Phi) is 5.91. The molecular formula is C13H18ClN3O3.